The molecule has 2 aromatic rings. The van der Waals surface area contributed by atoms with Crippen LogP contribution in [-0.4, -0.2) is 6.72 Å². The van der Waals surface area contributed by atoms with Crippen molar-refractivity contribution in [2.45, 2.75) is 51.9 Å². The van der Waals surface area contributed by atoms with E-state index in [0.717, 1.165) is 17.6 Å². The summed E-state index contributed by atoms with van der Waals surface area (Å²) in [6.07, 6.45) is 10.6. The van der Waals surface area contributed by atoms with Gasteiger partial charge in [0.05, 0.1) is 0 Å². The molecule has 3 rings (SSSR count). The number of rotatable bonds is 4. The largest absolute Gasteiger partial charge is 0.272 e. The molecule has 1 saturated carbocycles. The lowest BCUT2D eigenvalue weighted by Gasteiger charge is -2.09. The monoisotopic (exact) mass is 317 g/mol. The maximum absolute atomic E-state index is 3.98. The van der Waals surface area contributed by atoms with Crippen LogP contribution in [0.1, 0.15) is 53.9 Å². The number of hydrogen-bond acceptors (Lipinski definition) is 1. The molecular weight excluding hydrogens is 290 g/mol. The molecule has 1 aliphatic rings. The van der Waals surface area contributed by atoms with Gasteiger partial charge in [0, 0.05) is 6.20 Å². The second kappa shape index (κ2) is 7.61. The molecule has 0 aliphatic heterocycles. The highest BCUT2D eigenvalue weighted by molar-refractivity contribution is 5.42. The molecule has 1 heteroatoms. The Morgan fingerprint density at radius 3 is 2.38 bits per heavy atom. The fraction of sp³-hybridized carbons (Fsp3) is 0.348. The maximum atomic E-state index is 3.98. The highest BCUT2D eigenvalue weighted by Gasteiger charge is 2.16. The van der Waals surface area contributed by atoms with Crippen LogP contribution in [0.5, 0.6) is 0 Å². The zero-order chi connectivity index (χ0) is 16.9. The molecule has 1 nitrogen and oxygen atoms in total. The summed E-state index contributed by atoms with van der Waals surface area (Å²) in [7, 11) is 0. The van der Waals surface area contributed by atoms with E-state index in [1.807, 2.05) is 6.20 Å². The summed E-state index contributed by atoms with van der Waals surface area (Å²) in [5, 5.41) is 2.45. The Balaban J connectivity index is 1.98. The average Bonchev–Trinajstić information content (AvgIpc) is 3.08. The van der Waals surface area contributed by atoms with E-state index in [0.29, 0.717) is 0 Å². The first-order chi connectivity index (χ1) is 11.7. The predicted molar refractivity (Wildman–Crippen MR) is 105 cm³/mol. The molecule has 0 spiro atoms. The van der Waals surface area contributed by atoms with Crippen LogP contribution in [0.15, 0.2) is 41.4 Å². The fourth-order valence-electron chi connectivity index (χ4n) is 3.91. The van der Waals surface area contributed by atoms with Crippen molar-refractivity contribution >= 4 is 19.0 Å². The average molecular weight is 317 g/mol. The van der Waals surface area contributed by atoms with E-state index in [4.69, 9.17) is 0 Å². The van der Waals surface area contributed by atoms with Crippen molar-refractivity contribution in [1.29, 1.82) is 0 Å². The Morgan fingerprint density at radius 1 is 1.00 bits per heavy atom. The second-order valence-electron chi connectivity index (χ2n) is 7.09. The molecule has 0 amide bonds. The molecule has 0 atom stereocenters. The van der Waals surface area contributed by atoms with Crippen LogP contribution in [0.3, 0.4) is 0 Å². The summed E-state index contributed by atoms with van der Waals surface area (Å²) in [5.41, 5.74) is 5.52. The Morgan fingerprint density at radius 2 is 1.71 bits per heavy atom. The zero-order valence-electron chi connectivity index (χ0n) is 14.9. The van der Waals surface area contributed by atoms with Crippen LogP contribution in [0.2, 0.25) is 0 Å². The molecule has 2 aromatic carbocycles. The summed E-state index contributed by atoms with van der Waals surface area (Å²) in [4.78, 5) is 3.98. The molecule has 0 aromatic heterocycles. The van der Waals surface area contributed by atoms with E-state index < -0.39 is 0 Å². The zero-order valence-corrected chi connectivity index (χ0v) is 14.9. The molecule has 1 aliphatic carbocycles. The van der Waals surface area contributed by atoms with Gasteiger partial charge in [0.25, 0.3) is 0 Å². The first kappa shape index (κ1) is 16.7. The molecule has 0 radical (unpaired) electrons. The van der Waals surface area contributed by atoms with Gasteiger partial charge in [0.1, 0.15) is 0 Å². The van der Waals surface area contributed by atoms with Crippen LogP contribution < -0.4 is 10.4 Å². The predicted octanol–water partition coefficient (Wildman–Crippen LogP) is 4.42. The first-order valence-corrected chi connectivity index (χ1v) is 8.99. The maximum Gasteiger partial charge on any atom is 0.0338 e. The van der Waals surface area contributed by atoms with Gasteiger partial charge in [-0.1, -0.05) is 66.4 Å². The highest BCUT2D eigenvalue weighted by atomic mass is 14.6. The van der Waals surface area contributed by atoms with Crippen molar-refractivity contribution in [3.8, 4) is 0 Å². The smallest absolute Gasteiger partial charge is 0.0338 e. The quantitative estimate of drug-likeness (QED) is 0.740. The first-order valence-electron chi connectivity index (χ1n) is 8.99. The topological polar surface area (TPSA) is 12.4 Å². The molecule has 0 N–H and O–H groups in total. The van der Waals surface area contributed by atoms with Crippen LogP contribution in [0.25, 0.3) is 12.3 Å². The minimum Gasteiger partial charge on any atom is -0.272 e. The SMILES string of the molecule is C=N/C=c1/ccc(C2CCCC2)c/c1=C/Cc1cc(C)cc(C)c1. The normalized spacial score (nSPS) is 16.8. The van der Waals surface area contributed by atoms with E-state index in [2.05, 4.69) is 68.0 Å². The van der Waals surface area contributed by atoms with E-state index >= 15 is 0 Å². The van der Waals surface area contributed by atoms with Crippen molar-refractivity contribution in [1.82, 2.24) is 0 Å². The summed E-state index contributed by atoms with van der Waals surface area (Å²) < 4.78 is 0. The van der Waals surface area contributed by atoms with Gasteiger partial charge in [-0.25, -0.2) is 0 Å². The Bertz CT molecular complexity index is 819. The second-order valence-corrected chi connectivity index (χ2v) is 7.09. The number of aliphatic imine (C=N–C) groups is 1. The molecule has 1 fully saturated rings. The van der Waals surface area contributed by atoms with Gasteiger partial charge in [0.2, 0.25) is 0 Å². The Hall–Kier alpha value is -2.15. The molecule has 24 heavy (non-hydrogen) atoms. The van der Waals surface area contributed by atoms with Crippen molar-refractivity contribution in [2.75, 3.05) is 0 Å². The van der Waals surface area contributed by atoms with Crippen molar-refractivity contribution in [2.24, 2.45) is 4.99 Å². The third kappa shape index (κ3) is 4.03. The third-order valence-electron chi connectivity index (χ3n) is 5.01. The molecule has 124 valence electrons. The molecule has 0 unspecified atom stereocenters. The van der Waals surface area contributed by atoms with Crippen molar-refractivity contribution in [3.63, 3.8) is 0 Å². The summed E-state index contributed by atoms with van der Waals surface area (Å²) >= 11 is 0. The molecular formula is C23H27N. The molecule has 0 bridgehead atoms. The number of benzene rings is 2. The standard InChI is InChI=1S/C23H27N/c1-17-12-18(2)14-19(13-17)8-9-22-15-21(20-6-4-5-7-20)10-11-23(22)16-24-3/h9-16,20H,3-8H2,1-2H3/b22-9-,23-16-. The summed E-state index contributed by atoms with van der Waals surface area (Å²) in [5.74, 6) is 0.740. The Kier molecular flexibility index (Phi) is 5.30. The highest BCUT2D eigenvalue weighted by Crippen LogP contribution is 2.33. The van der Waals surface area contributed by atoms with Crippen molar-refractivity contribution in [3.05, 3.63) is 69.1 Å². The lowest BCUT2D eigenvalue weighted by atomic mass is 9.96. The number of nitrogens with zero attached hydrogens (tertiary/aromatic N) is 1. The van der Waals surface area contributed by atoms with Gasteiger partial charge >= 0.3 is 0 Å². The van der Waals surface area contributed by atoms with E-state index in [1.165, 1.54) is 53.2 Å². The van der Waals surface area contributed by atoms with Crippen LogP contribution in [0.4, 0.5) is 0 Å². The van der Waals surface area contributed by atoms with Gasteiger partial charge in [-0.2, -0.15) is 0 Å². The van der Waals surface area contributed by atoms with Gasteiger partial charge in [0.15, 0.2) is 0 Å². The van der Waals surface area contributed by atoms with Crippen LogP contribution in [-0.2, 0) is 6.42 Å². The Labute approximate surface area is 145 Å². The number of aryl methyl sites for hydroxylation is 2. The summed E-state index contributed by atoms with van der Waals surface area (Å²) in [6, 6.07) is 13.6. The minimum atomic E-state index is 0.740. The third-order valence-corrected chi connectivity index (χ3v) is 5.01. The van der Waals surface area contributed by atoms with Crippen molar-refractivity contribution < 1.29 is 0 Å². The van der Waals surface area contributed by atoms with Gasteiger partial charge < -0.3 is 0 Å². The van der Waals surface area contributed by atoms with E-state index in [9.17, 15) is 0 Å². The van der Waals surface area contributed by atoms with E-state index in [1.54, 1.807) is 0 Å². The molecule has 0 heterocycles. The van der Waals surface area contributed by atoms with Crippen LogP contribution >= 0.6 is 0 Å². The lowest BCUT2D eigenvalue weighted by Crippen LogP contribution is -2.25. The molecule has 0 saturated heterocycles. The van der Waals surface area contributed by atoms with Gasteiger partial charge in [-0.05, 0) is 67.3 Å². The minimum absolute atomic E-state index is 0.740. The lowest BCUT2D eigenvalue weighted by molar-refractivity contribution is 0.722. The fourth-order valence-corrected chi connectivity index (χ4v) is 3.91. The summed E-state index contributed by atoms with van der Waals surface area (Å²) in [6.45, 7) is 7.95. The van der Waals surface area contributed by atoms with Gasteiger partial charge in [-0.3, -0.25) is 4.99 Å². The van der Waals surface area contributed by atoms with E-state index in [-0.39, 0.29) is 0 Å². The van der Waals surface area contributed by atoms with Crippen LogP contribution in [0, 0.1) is 13.8 Å². The van der Waals surface area contributed by atoms with Gasteiger partial charge in [-0.15, -0.1) is 0 Å². The number of hydrogen-bond donors (Lipinski definition) is 0.